The van der Waals surface area contributed by atoms with Crippen LogP contribution < -0.4 is 10.6 Å². The highest BCUT2D eigenvalue weighted by atomic mass is 31.2. The van der Waals surface area contributed by atoms with E-state index in [1.54, 1.807) is 79.1 Å². The zero-order valence-corrected chi connectivity index (χ0v) is 29.3. The lowest BCUT2D eigenvalue weighted by atomic mass is 10.1. The molecule has 1 heterocycles. The summed E-state index contributed by atoms with van der Waals surface area (Å²) in [5.41, 5.74) is 7.39. The SMILES string of the molecule is CCCCCC(=O)N(CC(=O)N(CC(=O)N(CC(=O)N(C)CC(N)=O)Cc1cccnc1)c1ccccc1)Cc1ccc(CP(=O)(O)O)cc1. The van der Waals surface area contributed by atoms with Crippen LogP contribution in [0, 0.1) is 0 Å². The van der Waals surface area contributed by atoms with Crippen molar-refractivity contribution in [1.29, 1.82) is 0 Å². The summed E-state index contributed by atoms with van der Waals surface area (Å²) in [6, 6.07) is 18.4. The van der Waals surface area contributed by atoms with Gasteiger partial charge in [0.05, 0.1) is 12.7 Å². The number of nitrogens with two attached hydrogens (primary N) is 1. The molecule has 268 valence electrons. The van der Waals surface area contributed by atoms with E-state index in [-0.39, 0.29) is 38.5 Å². The molecule has 0 radical (unpaired) electrons. The number of pyridine rings is 1. The number of aromatic nitrogens is 1. The molecule has 3 rings (SSSR count). The maximum Gasteiger partial charge on any atom is 0.329 e. The Morgan fingerprint density at radius 2 is 1.34 bits per heavy atom. The first-order valence-corrected chi connectivity index (χ1v) is 18.0. The summed E-state index contributed by atoms with van der Waals surface area (Å²) in [5.74, 6) is -2.60. The van der Waals surface area contributed by atoms with Crippen LogP contribution in [0.5, 0.6) is 0 Å². The van der Waals surface area contributed by atoms with Crippen LogP contribution in [0.25, 0.3) is 0 Å². The Morgan fingerprint density at radius 1 is 0.720 bits per heavy atom. The van der Waals surface area contributed by atoms with E-state index >= 15 is 0 Å². The first kappa shape index (κ1) is 39.5. The van der Waals surface area contributed by atoms with Gasteiger partial charge in [-0.2, -0.15) is 0 Å². The number of hydrogen-bond donors (Lipinski definition) is 3. The van der Waals surface area contributed by atoms with E-state index in [0.717, 1.165) is 17.7 Å². The number of rotatable bonds is 19. The van der Waals surface area contributed by atoms with Crippen LogP contribution in [-0.2, 0) is 47.8 Å². The molecule has 0 unspecified atom stereocenters. The number of unbranched alkanes of at least 4 members (excludes halogenated alkanes) is 2. The van der Waals surface area contributed by atoms with Gasteiger partial charge in [-0.05, 0) is 41.3 Å². The van der Waals surface area contributed by atoms with Gasteiger partial charge < -0.3 is 35.1 Å². The van der Waals surface area contributed by atoms with Gasteiger partial charge in [0.15, 0.2) is 0 Å². The summed E-state index contributed by atoms with van der Waals surface area (Å²) in [6.07, 6.45) is 5.27. The standard InChI is InChI=1S/C35H45N6O8P/c1-3-4-6-13-32(43)39(20-27-14-16-28(17-15-27)26-50(47,48)49)24-35(46)41(30-11-7-5-8-12-30)25-34(45)40(21-29-10-9-18-37-19-29)23-33(44)38(2)22-31(36)42/h5,7-12,14-19H,3-4,6,13,20-26H2,1-2H3,(H2,36,42)(H2,47,48,49). The zero-order valence-electron chi connectivity index (χ0n) is 28.4. The molecule has 1 aromatic heterocycles. The van der Waals surface area contributed by atoms with Crippen molar-refractivity contribution in [3.05, 3.63) is 95.8 Å². The third-order valence-electron chi connectivity index (χ3n) is 7.71. The van der Waals surface area contributed by atoms with Crippen LogP contribution in [-0.4, -0.2) is 92.2 Å². The Balaban J connectivity index is 1.89. The first-order valence-electron chi connectivity index (χ1n) is 16.2. The molecule has 0 aliphatic carbocycles. The van der Waals surface area contributed by atoms with Crippen molar-refractivity contribution >= 4 is 42.8 Å². The Kier molecular flexibility index (Phi) is 15.3. The molecule has 50 heavy (non-hydrogen) atoms. The van der Waals surface area contributed by atoms with Gasteiger partial charge in [0.2, 0.25) is 29.5 Å². The number of amides is 5. The monoisotopic (exact) mass is 708 g/mol. The van der Waals surface area contributed by atoms with E-state index < -0.39 is 50.5 Å². The Bertz CT molecular complexity index is 1640. The average molecular weight is 709 g/mol. The third-order valence-corrected chi connectivity index (χ3v) is 8.49. The normalized spacial score (nSPS) is 11.0. The molecule has 0 saturated carbocycles. The van der Waals surface area contributed by atoms with Crippen molar-refractivity contribution in [3.63, 3.8) is 0 Å². The van der Waals surface area contributed by atoms with E-state index in [9.17, 15) is 38.3 Å². The molecule has 14 nitrogen and oxygen atoms in total. The van der Waals surface area contributed by atoms with Gasteiger partial charge in [-0.1, -0.05) is 68.3 Å². The molecule has 0 aliphatic heterocycles. The fourth-order valence-electron chi connectivity index (χ4n) is 5.09. The largest absolute Gasteiger partial charge is 0.368 e. The van der Waals surface area contributed by atoms with E-state index in [0.29, 0.717) is 28.8 Å². The first-order chi connectivity index (χ1) is 23.8. The van der Waals surface area contributed by atoms with Crippen molar-refractivity contribution < 1.29 is 38.3 Å². The summed E-state index contributed by atoms with van der Waals surface area (Å²) in [6.45, 7) is 0.522. The van der Waals surface area contributed by atoms with Gasteiger partial charge in [-0.15, -0.1) is 0 Å². The highest BCUT2D eigenvalue weighted by Gasteiger charge is 2.28. The van der Waals surface area contributed by atoms with Crippen LogP contribution in [0.15, 0.2) is 79.1 Å². The number of carbonyl (C=O) groups is 5. The summed E-state index contributed by atoms with van der Waals surface area (Å²) >= 11 is 0. The summed E-state index contributed by atoms with van der Waals surface area (Å²) in [5, 5.41) is 0. The minimum atomic E-state index is -4.27. The van der Waals surface area contributed by atoms with Crippen LogP contribution in [0.3, 0.4) is 0 Å². The Hall–Kier alpha value is -4.91. The zero-order chi connectivity index (χ0) is 36.7. The second kappa shape index (κ2) is 19.3. The molecule has 3 aromatic rings. The topological polar surface area (TPSA) is 195 Å². The van der Waals surface area contributed by atoms with Crippen molar-refractivity contribution in [2.75, 3.05) is 38.1 Å². The fraction of sp³-hybridized carbons (Fsp3) is 0.371. The molecule has 0 bridgehead atoms. The molecule has 4 N–H and O–H groups in total. The highest BCUT2D eigenvalue weighted by molar-refractivity contribution is 7.50. The second-order valence-electron chi connectivity index (χ2n) is 12.0. The van der Waals surface area contributed by atoms with Crippen molar-refractivity contribution in [1.82, 2.24) is 19.7 Å². The lowest BCUT2D eigenvalue weighted by molar-refractivity contribution is -0.141. The maximum atomic E-state index is 14.1. The van der Waals surface area contributed by atoms with Crippen LogP contribution in [0.2, 0.25) is 0 Å². The maximum absolute atomic E-state index is 14.1. The number of primary amides is 1. The lowest BCUT2D eigenvalue weighted by Crippen LogP contribution is -2.49. The van der Waals surface area contributed by atoms with Crippen molar-refractivity contribution in [2.24, 2.45) is 5.73 Å². The van der Waals surface area contributed by atoms with E-state index in [1.165, 1.54) is 21.7 Å². The molecule has 15 heteroatoms. The number of hydrogen-bond acceptors (Lipinski definition) is 7. The number of benzene rings is 2. The molecule has 5 amide bonds. The van der Waals surface area contributed by atoms with Gasteiger partial charge in [-0.3, -0.25) is 33.5 Å². The van der Waals surface area contributed by atoms with Gasteiger partial charge in [0.1, 0.15) is 19.6 Å². The number of nitrogens with zero attached hydrogens (tertiary/aromatic N) is 5. The predicted octanol–water partition coefficient (Wildman–Crippen LogP) is 2.67. The minimum absolute atomic E-state index is 0.000300. The predicted molar refractivity (Wildman–Crippen MR) is 187 cm³/mol. The Morgan fingerprint density at radius 3 is 1.94 bits per heavy atom. The molecule has 0 aliphatic rings. The lowest BCUT2D eigenvalue weighted by Gasteiger charge is -2.30. The smallest absolute Gasteiger partial charge is 0.329 e. The van der Waals surface area contributed by atoms with Crippen molar-refractivity contribution in [2.45, 2.75) is 51.9 Å². The van der Waals surface area contributed by atoms with Gasteiger partial charge >= 0.3 is 7.60 Å². The molecular weight excluding hydrogens is 663 g/mol. The molecule has 0 saturated heterocycles. The third kappa shape index (κ3) is 13.5. The van der Waals surface area contributed by atoms with E-state index in [4.69, 9.17) is 5.73 Å². The number of carbonyl (C=O) groups excluding carboxylic acids is 5. The molecular formula is C35H45N6O8P. The van der Waals surface area contributed by atoms with E-state index in [1.807, 2.05) is 6.92 Å². The van der Waals surface area contributed by atoms with Crippen molar-refractivity contribution in [3.8, 4) is 0 Å². The molecule has 0 spiro atoms. The summed E-state index contributed by atoms with van der Waals surface area (Å²) < 4.78 is 11.4. The molecule has 0 atom stereocenters. The average Bonchev–Trinajstić information content (AvgIpc) is 3.07. The number of likely N-dealkylation sites (N-methyl/N-ethyl adjacent to an activating group) is 1. The summed E-state index contributed by atoms with van der Waals surface area (Å²) in [4.78, 5) is 93.8. The molecule has 2 aromatic carbocycles. The second-order valence-corrected chi connectivity index (χ2v) is 13.6. The van der Waals surface area contributed by atoms with Gasteiger partial charge in [0, 0.05) is 44.6 Å². The highest BCUT2D eigenvalue weighted by Crippen LogP contribution is 2.39. The van der Waals surface area contributed by atoms with Gasteiger partial charge in [-0.25, -0.2) is 0 Å². The van der Waals surface area contributed by atoms with Gasteiger partial charge in [0.25, 0.3) is 0 Å². The number of para-hydroxylation sites is 1. The van der Waals surface area contributed by atoms with Crippen LogP contribution in [0.4, 0.5) is 5.69 Å². The molecule has 0 fully saturated rings. The van der Waals surface area contributed by atoms with Crippen LogP contribution >= 0.6 is 7.60 Å². The summed E-state index contributed by atoms with van der Waals surface area (Å²) in [7, 11) is -2.87. The fourth-order valence-corrected chi connectivity index (χ4v) is 5.78. The number of anilines is 1. The quantitative estimate of drug-likeness (QED) is 0.124. The van der Waals surface area contributed by atoms with E-state index in [2.05, 4.69) is 4.98 Å². The minimum Gasteiger partial charge on any atom is -0.368 e. The Labute approximate surface area is 292 Å². The van der Waals surface area contributed by atoms with Crippen LogP contribution in [0.1, 0.15) is 49.3 Å².